The van der Waals surface area contributed by atoms with Gasteiger partial charge in [0.05, 0.1) is 6.54 Å². The number of aryl methyl sites for hydroxylation is 2. The Kier molecular flexibility index (Phi) is 4.40. The third-order valence-electron chi connectivity index (χ3n) is 3.01. The van der Waals surface area contributed by atoms with Crippen LogP contribution in [0.1, 0.15) is 31.1 Å². The Morgan fingerprint density at radius 1 is 1.33 bits per heavy atom. The van der Waals surface area contributed by atoms with E-state index in [2.05, 4.69) is 4.98 Å². The molecular formula is C13H18N2O4S2. The predicted molar refractivity (Wildman–Crippen MR) is 81.0 cm³/mol. The van der Waals surface area contributed by atoms with Crippen molar-refractivity contribution >= 4 is 21.4 Å². The third-order valence-corrected chi connectivity index (χ3v) is 6.61. The Hall–Kier alpha value is -1.38. The molecular weight excluding hydrogens is 312 g/mol. The van der Waals surface area contributed by atoms with Crippen LogP contribution in [-0.2, 0) is 16.6 Å². The van der Waals surface area contributed by atoms with Crippen molar-refractivity contribution in [3.8, 4) is 0 Å². The van der Waals surface area contributed by atoms with E-state index in [4.69, 9.17) is 4.42 Å². The number of rotatable bonds is 5. The van der Waals surface area contributed by atoms with E-state index in [0.717, 1.165) is 5.76 Å². The molecule has 0 saturated heterocycles. The summed E-state index contributed by atoms with van der Waals surface area (Å²) in [6.07, 6.45) is 0. The van der Waals surface area contributed by atoms with E-state index in [9.17, 15) is 13.2 Å². The summed E-state index contributed by atoms with van der Waals surface area (Å²) in [4.78, 5) is 13.5. The van der Waals surface area contributed by atoms with Gasteiger partial charge in [-0.05, 0) is 39.8 Å². The van der Waals surface area contributed by atoms with E-state index in [-0.39, 0.29) is 21.7 Å². The molecule has 0 aliphatic rings. The first-order chi connectivity index (χ1) is 9.71. The molecule has 8 heteroatoms. The van der Waals surface area contributed by atoms with Gasteiger partial charge in [0.25, 0.3) is 10.0 Å². The lowest BCUT2D eigenvalue weighted by molar-refractivity contribution is 0.315. The highest BCUT2D eigenvalue weighted by Crippen LogP contribution is 2.25. The van der Waals surface area contributed by atoms with Crippen molar-refractivity contribution < 1.29 is 12.8 Å². The molecule has 0 radical (unpaired) electrons. The number of aromatic nitrogens is 1. The summed E-state index contributed by atoms with van der Waals surface area (Å²) in [7, 11) is -3.74. The maximum absolute atomic E-state index is 12.8. The van der Waals surface area contributed by atoms with Crippen LogP contribution in [0.4, 0.5) is 0 Å². The van der Waals surface area contributed by atoms with Gasteiger partial charge in [0.15, 0.2) is 4.21 Å². The standard InChI is InChI=1S/C13H18N2O4S2/c1-8(2)15(7-11-6-5-9(3)19-11)21(17,18)12-10(4)14-13(16)20-12/h5-6,8H,7H2,1-4H3,(H,14,16). The fraction of sp³-hybridized carbons (Fsp3) is 0.462. The van der Waals surface area contributed by atoms with Crippen molar-refractivity contribution in [2.75, 3.05) is 0 Å². The average molecular weight is 330 g/mol. The zero-order valence-electron chi connectivity index (χ0n) is 12.3. The maximum Gasteiger partial charge on any atom is 0.305 e. The van der Waals surface area contributed by atoms with Crippen LogP contribution >= 0.6 is 11.3 Å². The molecule has 0 spiro atoms. The molecule has 1 N–H and O–H groups in total. The first kappa shape index (κ1) is 16.0. The van der Waals surface area contributed by atoms with Crippen LogP contribution in [0.15, 0.2) is 25.6 Å². The zero-order chi connectivity index (χ0) is 15.8. The zero-order valence-corrected chi connectivity index (χ0v) is 14.0. The number of sulfonamides is 1. The number of furan rings is 1. The molecule has 0 saturated carbocycles. The molecule has 6 nitrogen and oxygen atoms in total. The minimum Gasteiger partial charge on any atom is -0.465 e. The van der Waals surface area contributed by atoms with Crippen molar-refractivity contribution in [3.05, 3.63) is 39.0 Å². The van der Waals surface area contributed by atoms with Gasteiger partial charge in [0.1, 0.15) is 11.5 Å². The Bertz CT molecular complexity index is 783. The highest BCUT2D eigenvalue weighted by atomic mass is 32.2. The first-order valence-corrected chi connectivity index (χ1v) is 8.74. The molecule has 0 amide bonds. The predicted octanol–water partition coefficient (Wildman–Crippen LogP) is 2.25. The number of hydrogen-bond donors (Lipinski definition) is 1. The topological polar surface area (TPSA) is 83.4 Å². The second-order valence-electron chi connectivity index (χ2n) is 5.08. The van der Waals surface area contributed by atoms with E-state index >= 15 is 0 Å². The van der Waals surface area contributed by atoms with Gasteiger partial charge in [0.2, 0.25) is 0 Å². The molecule has 2 aromatic rings. The van der Waals surface area contributed by atoms with Crippen molar-refractivity contribution in [2.24, 2.45) is 0 Å². The van der Waals surface area contributed by atoms with Crippen LogP contribution < -0.4 is 4.87 Å². The number of hydrogen-bond acceptors (Lipinski definition) is 5. The van der Waals surface area contributed by atoms with Gasteiger partial charge in [-0.3, -0.25) is 4.79 Å². The average Bonchev–Trinajstić information content (AvgIpc) is 2.92. The summed E-state index contributed by atoms with van der Waals surface area (Å²) in [5.41, 5.74) is 0.367. The van der Waals surface area contributed by atoms with E-state index in [1.165, 1.54) is 4.31 Å². The second kappa shape index (κ2) is 5.78. The molecule has 0 bridgehead atoms. The first-order valence-electron chi connectivity index (χ1n) is 6.48. The number of H-pyrrole nitrogens is 1. The lowest BCUT2D eigenvalue weighted by Crippen LogP contribution is -2.36. The van der Waals surface area contributed by atoms with Gasteiger partial charge in [0, 0.05) is 11.7 Å². The fourth-order valence-electron chi connectivity index (χ4n) is 2.01. The third kappa shape index (κ3) is 3.28. The van der Waals surface area contributed by atoms with Crippen LogP contribution in [0.3, 0.4) is 0 Å². The van der Waals surface area contributed by atoms with Gasteiger partial charge in [-0.15, -0.1) is 0 Å². The quantitative estimate of drug-likeness (QED) is 0.911. The Morgan fingerprint density at radius 3 is 2.43 bits per heavy atom. The van der Waals surface area contributed by atoms with Gasteiger partial charge in [-0.2, -0.15) is 4.31 Å². The number of nitrogens with one attached hydrogen (secondary N) is 1. The maximum atomic E-state index is 12.8. The Balaban J connectivity index is 2.41. The van der Waals surface area contributed by atoms with Crippen LogP contribution in [-0.4, -0.2) is 23.7 Å². The second-order valence-corrected chi connectivity index (χ2v) is 8.15. The van der Waals surface area contributed by atoms with E-state index in [1.54, 1.807) is 39.8 Å². The fourth-order valence-corrected chi connectivity index (χ4v) is 5.03. The minimum absolute atomic E-state index is 0.0597. The molecule has 2 heterocycles. The molecule has 0 unspecified atom stereocenters. The monoisotopic (exact) mass is 330 g/mol. The number of aromatic amines is 1. The summed E-state index contributed by atoms with van der Waals surface area (Å²) in [6, 6.07) is 3.30. The van der Waals surface area contributed by atoms with Gasteiger partial charge < -0.3 is 9.40 Å². The molecule has 2 aromatic heterocycles. The van der Waals surface area contributed by atoms with E-state index < -0.39 is 10.0 Å². The van der Waals surface area contributed by atoms with Crippen LogP contribution in [0.25, 0.3) is 0 Å². The summed E-state index contributed by atoms with van der Waals surface area (Å²) in [6.45, 7) is 7.11. The molecule has 2 rings (SSSR count). The normalized spacial score (nSPS) is 12.5. The van der Waals surface area contributed by atoms with Crippen LogP contribution in [0.5, 0.6) is 0 Å². The number of nitrogens with zero attached hydrogens (tertiary/aromatic N) is 1. The van der Waals surface area contributed by atoms with Crippen LogP contribution in [0, 0.1) is 13.8 Å². The van der Waals surface area contributed by atoms with Gasteiger partial charge in [-0.1, -0.05) is 11.3 Å². The van der Waals surface area contributed by atoms with Crippen molar-refractivity contribution in [3.63, 3.8) is 0 Å². The van der Waals surface area contributed by atoms with Crippen LogP contribution in [0.2, 0.25) is 0 Å². The highest BCUT2D eigenvalue weighted by Gasteiger charge is 2.31. The van der Waals surface area contributed by atoms with E-state index in [0.29, 0.717) is 22.8 Å². The Labute approximate surface area is 127 Å². The molecule has 0 fully saturated rings. The van der Waals surface area contributed by atoms with E-state index in [1.807, 2.05) is 0 Å². The molecule has 21 heavy (non-hydrogen) atoms. The lowest BCUT2D eigenvalue weighted by Gasteiger charge is -2.24. The van der Waals surface area contributed by atoms with Crippen molar-refractivity contribution in [2.45, 2.75) is 44.5 Å². The molecule has 0 aliphatic heterocycles. The summed E-state index contributed by atoms with van der Waals surface area (Å²) in [5.74, 6) is 1.30. The lowest BCUT2D eigenvalue weighted by atomic mass is 10.3. The minimum atomic E-state index is -3.74. The summed E-state index contributed by atoms with van der Waals surface area (Å²) < 4.78 is 32.4. The highest BCUT2D eigenvalue weighted by molar-refractivity contribution is 7.91. The smallest absolute Gasteiger partial charge is 0.305 e. The summed E-state index contributed by atoms with van der Waals surface area (Å²) >= 11 is 0.711. The van der Waals surface area contributed by atoms with Gasteiger partial charge >= 0.3 is 4.87 Å². The molecule has 0 atom stereocenters. The largest absolute Gasteiger partial charge is 0.465 e. The summed E-state index contributed by atoms with van der Waals surface area (Å²) in [5, 5.41) is 0. The SMILES string of the molecule is Cc1ccc(CN(C(C)C)S(=O)(=O)c2sc(=O)[nH]c2C)o1. The number of thiazole rings is 1. The Morgan fingerprint density at radius 2 is 2.00 bits per heavy atom. The molecule has 0 aliphatic carbocycles. The molecule has 0 aromatic carbocycles. The van der Waals surface area contributed by atoms with Crippen molar-refractivity contribution in [1.29, 1.82) is 0 Å². The molecule has 116 valence electrons. The van der Waals surface area contributed by atoms with Crippen molar-refractivity contribution in [1.82, 2.24) is 9.29 Å². The van der Waals surface area contributed by atoms with Gasteiger partial charge in [-0.25, -0.2) is 8.42 Å².